The molecule has 15 heavy (non-hydrogen) atoms. The molecule has 0 aromatic carbocycles. The Morgan fingerprint density at radius 2 is 2.60 bits per heavy atom. The maximum absolute atomic E-state index is 11.7. The number of aromatic amines is 1. The molecule has 1 amide bonds. The second-order valence-electron chi connectivity index (χ2n) is 3.69. The summed E-state index contributed by atoms with van der Waals surface area (Å²) in [6.45, 7) is 2.23. The van der Waals surface area contributed by atoms with Crippen LogP contribution in [0.3, 0.4) is 0 Å². The molecule has 2 heterocycles. The molecule has 0 radical (unpaired) electrons. The summed E-state index contributed by atoms with van der Waals surface area (Å²) in [5.74, 6) is 0.882. The number of hydrogen-bond acceptors (Lipinski definition) is 4. The molecule has 0 spiro atoms. The molecule has 1 aromatic rings. The van der Waals surface area contributed by atoms with Crippen LogP contribution in [0.25, 0.3) is 0 Å². The third kappa shape index (κ3) is 2.76. The first-order valence-corrected chi connectivity index (χ1v) is 5.19. The van der Waals surface area contributed by atoms with Crippen molar-refractivity contribution >= 4 is 5.91 Å². The lowest BCUT2D eigenvalue weighted by Crippen LogP contribution is -2.40. The van der Waals surface area contributed by atoms with Crippen molar-refractivity contribution in [1.29, 1.82) is 0 Å². The second kappa shape index (κ2) is 4.88. The summed E-state index contributed by atoms with van der Waals surface area (Å²) in [4.78, 5) is 15.6. The SMILES string of the molecule is O=C(NCc1ncn[nH]1)[C@H]1CCCNC1. The van der Waals surface area contributed by atoms with E-state index in [9.17, 15) is 4.79 Å². The third-order valence-electron chi connectivity index (χ3n) is 2.56. The third-order valence-corrected chi connectivity index (χ3v) is 2.56. The van der Waals surface area contributed by atoms with Crippen LogP contribution in [0.4, 0.5) is 0 Å². The average Bonchev–Trinajstić information content (AvgIpc) is 2.80. The summed E-state index contributed by atoms with van der Waals surface area (Å²) in [5.41, 5.74) is 0. The van der Waals surface area contributed by atoms with Crippen LogP contribution >= 0.6 is 0 Å². The maximum atomic E-state index is 11.7. The van der Waals surface area contributed by atoms with Gasteiger partial charge >= 0.3 is 0 Å². The molecule has 0 unspecified atom stereocenters. The predicted octanol–water partition coefficient (Wildman–Crippen LogP) is -0.580. The van der Waals surface area contributed by atoms with Gasteiger partial charge in [0.05, 0.1) is 12.5 Å². The molecule has 82 valence electrons. The molecule has 2 rings (SSSR count). The number of nitrogens with zero attached hydrogens (tertiary/aromatic N) is 2. The monoisotopic (exact) mass is 209 g/mol. The van der Waals surface area contributed by atoms with Crippen LogP contribution in [-0.4, -0.2) is 34.2 Å². The van der Waals surface area contributed by atoms with Gasteiger partial charge in [-0.1, -0.05) is 0 Å². The van der Waals surface area contributed by atoms with E-state index in [0.717, 1.165) is 25.9 Å². The summed E-state index contributed by atoms with van der Waals surface area (Å²) in [6, 6.07) is 0. The van der Waals surface area contributed by atoms with Gasteiger partial charge in [-0.05, 0) is 19.4 Å². The highest BCUT2D eigenvalue weighted by molar-refractivity contribution is 5.78. The molecule has 3 N–H and O–H groups in total. The van der Waals surface area contributed by atoms with Gasteiger partial charge in [-0.3, -0.25) is 9.89 Å². The molecule has 1 aliphatic rings. The van der Waals surface area contributed by atoms with Gasteiger partial charge in [-0.25, -0.2) is 4.98 Å². The largest absolute Gasteiger partial charge is 0.349 e. The smallest absolute Gasteiger partial charge is 0.224 e. The van der Waals surface area contributed by atoms with E-state index in [-0.39, 0.29) is 11.8 Å². The van der Waals surface area contributed by atoms with Gasteiger partial charge < -0.3 is 10.6 Å². The van der Waals surface area contributed by atoms with E-state index in [4.69, 9.17) is 0 Å². The van der Waals surface area contributed by atoms with Crippen LogP contribution in [0, 0.1) is 5.92 Å². The number of rotatable bonds is 3. The Balaban J connectivity index is 1.76. The summed E-state index contributed by atoms with van der Waals surface area (Å²) in [6.07, 6.45) is 3.47. The van der Waals surface area contributed by atoms with Crippen LogP contribution in [0.5, 0.6) is 0 Å². The van der Waals surface area contributed by atoms with Crippen LogP contribution in [0.2, 0.25) is 0 Å². The van der Waals surface area contributed by atoms with Gasteiger partial charge in [0.2, 0.25) is 5.91 Å². The van der Waals surface area contributed by atoms with Crippen LogP contribution in [0.15, 0.2) is 6.33 Å². The van der Waals surface area contributed by atoms with Gasteiger partial charge in [0.15, 0.2) is 0 Å². The van der Waals surface area contributed by atoms with Crippen molar-refractivity contribution in [2.45, 2.75) is 19.4 Å². The number of amides is 1. The van der Waals surface area contributed by atoms with Crippen molar-refractivity contribution in [1.82, 2.24) is 25.8 Å². The van der Waals surface area contributed by atoms with E-state index >= 15 is 0 Å². The molecule has 1 aromatic heterocycles. The molecular weight excluding hydrogens is 194 g/mol. The lowest BCUT2D eigenvalue weighted by molar-refractivity contribution is -0.125. The standard InChI is InChI=1S/C9H15N5O/c15-9(7-2-1-3-10-4-7)11-5-8-12-6-13-14-8/h6-7,10H,1-5H2,(H,11,15)(H,12,13,14)/t7-/m0/s1. The first kappa shape index (κ1) is 10.1. The number of carbonyl (C=O) groups is 1. The number of hydrogen-bond donors (Lipinski definition) is 3. The molecule has 1 aliphatic heterocycles. The quantitative estimate of drug-likeness (QED) is 0.622. The van der Waals surface area contributed by atoms with E-state index in [1.165, 1.54) is 6.33 Å². The van der Waals surface area contributed by atoms with Gasteiger partial charge in [0.25, 0.3) is 0 Å². The number of nitrogens with one attached hydrogen (secondary N) is 3. The van der Waals surface area contributed by atoms with Crippen molar-refractivity contribution in [2.75, 3.05) is 13.1 Å². The highest BCUT2D eigenvalue weighted by atomic mass is 16.1. The Bertz CT molecular complexity index is 304. The van der Waals surface area contributed by atoms with E-state index < -0.39 is 0 Å². The molecule has 6 heteroatoms. The normalized spacial score (nSPS) is 21.2. The lowest BCUT2D eigenvalue weighted by Gasteiger charge is -2.21. The first-order valence-electron chi connectivity index (χ1n) is 5.19. The molecule has 1 saturated heterocycles. The minimum Gasteiger partial charge on any atom is -0.349 e. The van der Waals surface area contributed by atoms with Crippen LogP contribution < -0.4 is 10.6 Å². The number of H-pyrrole nitrogens is 1. The minimum absolute atomic E-state index is 0.0959. The molecule has 0 aliphatic carbocycles. The number of aromatic nitrogens is 3. The van der Waals surface area contributed by atoms with Gasteiger partial charge in [-0.15, -0.1) is 0 Å². The zero-order valence-electron chi connectivity index (χ0n) is 8.49. The Kier molecular flexibility index (Phi) is 3.29. The van der Waals surface area contributed by atoms with Gasteiger partial charge in [0, 0.05) is 6.54 Å². The molecule has 0 bridgehead atoms. The first-order chi connectivity index (χ1) is 7.36. The maximum Gasteiger partial charge on any atom is 0.224 e. The van der Waals surface area contributed by atoms with E-state index in [0.29, 0.717) is 12.4 Å². The fourth-order valence-electron chi connectivity index (χ4n) is 1.71. The topological polar surface area (TPSA) is 82.7 Å². The lowest BCUT2D eigenvalue weighted by atomic mass is 9.99. The van der Waals surface area contributed by atoms with Gasteiger partial charge in [-0.2, -0.15) is 5.10 Å². The molecule has 1 fully saturated rings. The Hall–Kier alpha value is -1.43. The second-order valence-corrected chi connectivity index (χ2v) is 3.69. The number of piperidine rings is 1. The van der Waals surface area contributed by atoms with E-state index in [1.807, 2.05) is 0 Å². The fourth-order valence-corrected chi connectivity index (χ4v) is 1.71. The number of carbonyl (C=O) groups excluding carboxylic acids is 1. The van der Waals surface area contributed by atoms with E-state index in [2.05, 4.69) is 25.8 Å². The van der Waals surface area contributed by atoms with Crippen molar-refractivity contribution in [3.63, 3.8) is 0 Å². The molecule has 1 atom stereocenters. The Morgan fingerprint density at radius 1 is 1.67 bits per heavy atom. The van der Waals surface area contributed by atoms with E-state index in [1.54, 1.807) is 0 Å². The zero-order chi connectivity index (χ0) is 10.5. The molecular formula is C9H15N5O. The Morgan fingerprint density at radius 3 is 3.27 bits per heavy atom. The highest BCUT2D eigenvalue weighted by Crippen LogP contribution is 2.09. The Labute approximate surface area is 87.9 Å². The van der Waals surface area contributed by atoms with Crippen molar-refractivity contribution < 1.29 is 4.79 Å². The summed E-state index contributed by atoms with van der Waals surface area (Å²) in [7, 11) is 0. The van der Waals surface area contributed by atoms with Crippen LogP contribution in [0.1, 0.15) is 18.7 Å². The minimum atomic E-state index is 0.0959. The van der Waals surface area contributed by atoms with Crippen molar-refractivity contribution in [2.24, 2.45) is 5.92 Å². The fraction of sp³-hybridized carbons (Fsp3) is 0.667. The summed E-state index contributed by atoms with van der Waals surface area (Å²) in [5, 5.41) is 12.5. The van der Waals surface area contributed by atoms with Crippen LogP contribution in [-0.2, 0) is 11.3 Å². The summed E-state index contributed by atoms with van der Waals surface area (Å²) >= 11 is 0. The average molecular weight is 209 g/mol. The van der Waals surface area contributed by atoms with Crippen molar-refractivity contribution in [3.8, 4) is 0 Å². The molecule has 6 nitrogen and oxygen atoms in total. The molecule has 0 saturated carbocycles. The van der Waals surface area contributed by atoms with Gasteiger partial charge in [0.1, 0.15) is 12.2 Å². The van der Waals surface area contributed by atoms with Crippen molar-refractivity contribution in [3.05, 3.63) is 12.2 Å². The highest BCUT2D eigenvalue weighted by Gasteiger charge is 2.20. The predicted molar refractivity (Wildman–Crippen MR) is 53.8 cm³/mol. The zero-order valence-corrected chi connectivity index (χ0v) is 8.49. The summed E-state index contributed by atoms with van der Waals surface area (Å²) < 4.78 is 0.